The molecule has 0 aromatic heterocycles. The summed E-state index contributed by atoms with van der Waals surface area (Å²) >= 11 is 10.9. The highest BCUT2D eigenvalue weighted by Gasteiger charge is 2.23. The second-order valence-corrected chi connectivity index (χ2v) is 9.30. The molecule has 0 fully saturated rings. The van der Waals surface area contributed by atoms with Crippen molar-refractivity contribution in [1.29, 1.82) is 0 Å². The maximum Gasteiger partial charge on any atom is 0.289 e. The molecule has 1 rings (SSSR count). The molecule has 0 saturated carbocycles. The van der Waals surface area contributed by atoms with Crippen molar-refractivity contribution in [3.8, 4) is 0 Å². The van der Waals surface area contributed by atoms with Gasteiger partial charge in [0.05, 0.1) is 12.2 Å². The number of nitrogens with one attached hydrogen (secondary N) is 2. The van der Waals surface area contributed by atoms with Crippen LogP contribution < -0.4 is 15.3 Å². The number of hydrogen-bond donors (Lipinski definition) is 2. The third-order valence-electron chi connectivity index (χ3n) is 2.58. The maximum atomic E-state index is 5.77. The van der Waals surface area contributed by atoms with Gasteiger partial charge in [-0.2, -0.15) is 0 Å². The molecule has 130 valence electrons. The van der Waals surface area contributed by atoms with Gasteiger partial charge in [-0.05, 0) is 76.0 Å². The van der Waals surface area contributed by atoms with Crippen LogP contribution in [0.1, 0.15) is 27.7 Å². The summed E-state index contributed by atoms with van der Waals surface area (Å²) in [7, 11) is 3.99. The van der Waals surface area contributed by atoms with Gasteiger partial charge in [-0.3, -0.25) is 5.09 Å². The Kier molecular flexibility index (Phi) is 7.90. The summed E-state index contributed by atoms with van der Waals surface area (Å²) in [5.41, 5.74) is 1.99. The Morgan fingerprint density at radius 3 is 1.91 bits per heavy atom. The SMILES string of the molecule is CC(C)OP(=S)(NC(=S)Nc1ccc(N(C)C)cc1)OC(C)C. The predicted octanol–water partition coefficient (Wildman–Crippen LogP) is 4.11. The van der Waals surface area contributed by atoms with E-state index in [0.717, 1.165) is 11.4 Å². The zero-order chi connectivity index (χ0) is 17.6. The molecule has 5 nitrogen and oxygen atoms in total. The molecular weight excluding hydrogens is 349 g/mol. The molecule has 0 saturated heterocycles. The number of anilines is 2. The summed E-state index contributed by atoms with van der Waals surface area (Å²) in [5, 5.41) is 6.54. The number of benzene rings is 1. The third kappa shape index (κ3) is 7.59. The summed E-state index contributed by atoms with van der Waals surface area (Å²) in [6.07, 6.45) is -0.0940. The van der Waals surface area contributed by atoms with Crippen molar-refractivity contribution in [2.45, 2.75) is 39.9 Å². The van der Waals surface area contributed by atoms with Crippen LogP contribution in [0.2, 0.25) is 0 Å². The molecule has 0 aliphatic rings. The second kappa shape index (κ2) is 8.94. The quantitative estimate of drug-likeness (QED) is 0.549. The Labute approximate surface area is 150 Å². The highest BCUT2D eigenvalue weighted by molar-refractivity contribution is 8.09. The Balaban J connectivity index is 2.73. The van der Waals surface area contributed by atoms with Crippen LogP contribution in [-0.4, -0.2) is 31.4 Å². The average Bonchev–Trinajstić information content (AvgIpc) is 2.36. The van der Waals surface area contributed by atoms with Gasteiger partial charge in [-0.25, -0.2) is 0 Å². The lowest BCUT2D eigenvalue weighted by molar-refractivity contribution is 0.172. The minimum Gasteiger partial charge on any atom is -0.378 e. The molecule has 1 aromatic rings. The molecule has 0 heterocycles. The lowest BCUT2D eigenvalue weighted by Gasteiger charge is -2.27. The zero-order valence-electron chi connectivity index (χ0n) is 14.5. The van der Waals surface area contributed by atoms with Gasteiger partial charge in [0.15, 0.2) is 5.11 Å². The predicted molar refractivity (Wildman–Crippen MR) is 107 cm³/mol. The third-order valence-corrected chi connectivity index (χ3v) is 5.62. The molecule has 0 unspecified atom stereocenters. The van der Waals surface area contributed by atoms with Gasteiger partial charge >= 0.3 is 0 Å². The molecule has 2 N–H and O–H groups in total. The van der Waals surface area contributed by atoms with Gasteiger partial charge in [-0.15, -0.1) is 0 Å². The van der Waals surface area contributed by atoms with E-state index in [1.807, 2.05) is 71.0 Å². The lowest BCUT2D eigenvalue weighted by atomic mass is 10.2. The first-order valence-electron chi connectivity index (χ1n) is 7.45. The lowest BCUT2D eigenvalue weighted by Crippen LogP contribution is -2.29. The van der Waals surface area contributed by atoms with Crippen LogP contribution in [0.15, 0.2) is 24.3 Å². The normalized spacial score (nSPS) is 11.7. The minimum absolute atomic E-state index is 0.0470. The number of nitrogens with zero attached hydrogens (tertiary/aromatic N) is 1. The summed E-state index contributed by atoms with van der Waals surface area (Å²) in [6.45, 7) is 5.00. The van der Waals surface area contributed by atoms with E-state index >= 15 is 0 Å². The molecular formula is C15H26N3O2PS2. The van der Waals surface area contributed by atoms with Gasteiger partial charge in [-0.1, -0.05) is 0 Å². The fraction of sp³-hybridized carbons (Fsp3) is 0.533. The fourth-order valence-electron chi connectivity index (χ4n) is 1.76. The van der Waals surface area contributed by atoms with E-state index in [1.54, 1.807) is 0 Å². The Morgan fingerprint density at radius 2 is 1.52 bits per heavy atom. The van der Waals surface area contributed by atoms with Crippen molar-refractivity contribution in [3.05, 3.63) is 24.3 Å². The summed E-state index contributed by atoms with van der Waals surface area (Å²) in [6, 6.07) is 7.94. The van der Waals surface area contributed by atoms with E-state index in [9.17, 15) is 0 Å². The summed E-state index contributed by atoms with van der Waals surface area (Å²) in [5.74, 6) is 0. The van der Waals surface area contributed by atoms with E-state index in [1.165, 1.54) is 0 Å². The van der Waals surface area contributed by atoms with Crippen LogP contribution in [-0.2, 0) is 20.9 Å². The van der Waals surface area contributed by atoms with Crippen LogP contribution in [0, 0.1) is 0 Å². The van der Waals surface area contributed by atoms with Crippen molar-refractivity contribution in [3.63, 3.8) is 0 Å². The Hall–Kier alpha value is -0.720. The number of rotatable bonds is 7. The van der Waals surface area contributed by atoms with Gasteiger partial charge in [0.1, 0.15) is 0 Å². The zero-order valence-corrected chi connectivity index (χ0v) is 17.0. The van der Waals surface area contributed by atoms with Gasteiger partial charge in [0.2, 0.25) is 0 Å². The Morgan fingerprint density at radius 1 is 1.04 bits per heavy atom. The van der Waals surface area contributed by atoms with E-state index in [-0.39, 0.29) is 12.2 Å². The standard InChI is InChI=1S/C15H26N3O2PS2/c1-11(2)19-21(23,20-12(3)4)17-15(22)16-13-7-9-14(10-8-13)18(5)6/h7-12H,1-6H3,(H2,16,17,22,23). The van der Waals surface area contributed by atoms with Crippen molar-refractivity contribution >= 4 is 47.2 Å². The van der Waals surface area contributed by atoms with Gasteiger partial charge in [0.25, 0.3) is 6.64 Å². The first kappa shape index (κ1) is 20.3. The van der Waals surface area contributed by atoms with Crippen molar-refractivity contribution in [2.75, 3.05) is 24.3 Å². The van der Waals surface area contributed by atoms with Crippen LogP contribution in [0.4, 0.5) is 11.4 Å². The van der Waals surface area contributed by atoms with Crippen molar-refractivity contribution in [1.82, 2.24) is 5.09 Å². The molecule has 1 aromatic carbocycles. The van der Waals surface area contributed by atoms with Gasteiger partial charge < -0.3 is 19.3 Å². The smallest absolute Gasteiger partial charge is 0.289 e. The first-order chi connectivity index (χ1) is 10.6. The molecule has 0 aliphatic heterocycles. The fourth-order valence-corrected chi connectivity index (χ4v) is 5.29. The second-order valence-electron chi connectivity index (χ2n) is 5.81. The minimum atomic E-state index is -2.68. The summed E-state index contributed by atoms with van der Waals surface area (Å²) < 4.78 is 11.5. The highest BCUT2D eigenvalue weighted by atomic mass is 32.5. The van der Waals surface area contributed by atoms with Crippen LogP contribution in [0.25, 0.3) is 0 Å². The number of thiocarbonyl (C=S) groups is 1. The monoisotopic (exact) mass is 375 g/mol. The molecule has 0 spiro atoms. The molecule has 8 heteroatoms. The summed E-state index contributed by atoms with van der Waals surface area (Å²) in [4.78, 5) is 2.03. The average molecular weight is 376 g/mol. The molecule has 0 aliphatic carbocycles. The van der Waals surface area contributed by atoms with Crippen LogP contribution in [0.5, 0.6) is 0 Å². The Bertz CT molecular complexity index is 548. The largest absolute Gasteiger partial charge is 0.378 e. The maximum absolute atomic E-state index is 5.77. The van der Waals surface area contributed by atoms with E-state index in [2.05, 4.69) is 10.4 Å². The topological polar surface area (TPSA) is 45.8 Å². The molecule has 0 amide bonds. The van der Waals surface area contributed by atoms with Crippen LogP contribution >= 0.6 is 18.9 Å². The van der Waals surface area contributed by atoms with Crippen molar-refractivity contribution in [2.24, 2.45) is 0 Å². The van der Waals surface area contributed by atoms with Crippen LogP contribution in [0.3, 0.4) is 0 Å². The molecule has 0 radical (unpaired) electrons. The highest BCUT2D eigenvalue weighted by Crippen LogP contribution is 2.46. The first-order valence-corrected chi connectivity index (χ1v) is 10.5. The number of hydrogen-bond acceptors (Lipinski definition) is 5. The van der Waals surface area contributed by atoms with E-state index in [0.29, 0.717) is 5.11 Å². The molecule has 0 bridgehead atoms. The van der Waals surface area contributed by atoms with E-state index < -0.39 is 6.64 Å². The molecule has 23 heavy (non-hydrogen) atoms. The van der Waals surface area contributed by atoms with Crippen molar-refractivity contribution < 1.29 is 9.05 Å². The molecule has 0 atom stereocenters. The van der Waals surface area contributed by atoms with E-state index in [4.69, 9.17) is 33.1 Å². The van der Waals surface area contributed by atoms with Gasteiger partial charge in [0, 0.05) is 25.5 Å².